The summed E-state index contributed by atoms with van der Waals surface area (Å²) in [4.78, 5) is 1.34. The second kappa shape index (κ2) is 3.63. The molecule has 0 saturated heterocycles. The van der Waals surface area contributed by atoms with Crippen molar-refractivity contribution in [2.24, 2.45) is 0 Å². The summed E-state index contributed by atoms with van der Waals surface area (Å²) in [6.45, 7) is 0. The van der Waals surface area contributed by atoms with Gasteiger partial charge in [-0.2, -0.15) is 0 Å². The zero-order valence-corrected chi connectivity index (χ0v) is 9.00. The third kappa shape index (κ3) is 1.61. The standard InChI is InChI=1S/C13H11NS/c1-2-6-10(7-3-1)13-14-11-8-4-5-9-12(11)15-13/h1-9,13-14H/t13-/m0/s1. The molecule has 0 fully saturated rings. The smallest absolute Gasteiger partial charge is 0.103 e. The van der Waals surface area contributed by atoms with Crippen molar-refractivity contribution in [1.82, 2.24) is 0 Å². The first kappa shape index (κ1) is 8.86. The van der Waals surface area contributed by atoms with Gasteiger partial charge in [0.1, 0.15) is 5.37 Å². The highest BCUT2D eigenvalue weighted by Crippen LogP contribution is 2.45. The van der Waals surface area contributed by atoms with Crippen LogP contribution in [-0.4, -0.2) is 0 Å². The molecule has 0 spiro atoms. The highest BCUT2D eigenvalue weighted by atomic mass is 32.2. The molecule has 0 amide bonds. The van der Waals surface area contributed by atoms with Crippen molar-refractivity contribution in [3.05, 3.63) is 60.2 Å². The number of anilines is 1. The number of fused-ring (bicyclic) bond motifs is 1. The molecule has 74 valence electrons. The van der Waals surface area contributed by atoms with E-state index in [0.29, 0.717) is 5.37 Å². The molecule has 1 N–H and O–H groups in total. The molecule has 1 heterocycles. The van der Waals surface area contributed by atoms with Gasteiger partial charge in [0, 0.05) is 10.6 Å². The van der Waals surface area contributed by atoms with Gasteiger partial charge in [-0.1, -0.05) is 54.2 Å². The molecular formula is C13H11NS. The van der Waals surface area contributed by atoms with E-state index in [1.165, 1.54) is 16.1 Å². The summed E-state index contributed by atoms with van der Waals surface area (Å²) in [5, 5.41) is 3.88. The van der Waals surface area contributed by atoms with Crippen LogP contribution in [-0.2, 0) is 0 Å². The Morgan fingerprint density at radius 3 is 2.40 bits per heavy atom. The second-order valence-corrected chi connectivity index (χ2v) is 4.70. The number of hydrogen-bond donors (Lipinski definition) is 1. The van der Waals surface area contributed by atoms with Gasteiger partial charge in [0.05, 0.1) is 0 Å². The van der Waals surface area contributed by atoms with E-state index in [2.05, 4.69) is 59.9 Å². The maximum atomic E-state index is 3.51. The molecule has 0 aliphatic carbocycles. The molecule has 0 radical (unpaired) electrons. The molecule has 1 aliphatic rings. The van der Waals surface area contributed by atoms with Gasteiger partial charge in [-0.05, 0) is 17.7 Å². The van der Waals surface area contributed by atoms with Crippen LogP contribution in [0.3, 0.4) is 0 Å². The van der Waals surface area contributed by atoms with Gasteiger partial charge in [0.25, 0.3) is 0 Å². The fraction of sp³-hybridized carbons (Fsp3) is 0.0769. The number of thioether (sulfide) groups is 1. The Morgan fingerprint density at radius 2 is 1.60 bits per heavy atom. The second-order valence-electron chi connectivity index (χ2n) is 3.55. The van der Waals surface area contributed by atoms with Crippen LogP contribution in [0.4, 0.5) is 5.69 Å². The van der Waals surface area contributed by atoms with Crippen LogP contribution in [0.1, 0.15) is 10.9 Å². The summed E-state index contributed by atoms with van der Waals surface area (Å²) < 4.78 is 0. The Balaban J connectivity index is 1.91. The Morgan fingerprint density at radius 1 is 0.867 bits per heavy atom. The summed E-state index contributed by atoms with van der Waals surface area (Å²) in [6.07, 6.45) is 0. The maximum absolute atomic E-state index is 3.51. The number of para-hydroxylation sites is 1. The summed E-state index contributed by atoms with van der Waals surface area (Å²) in [6, 6.07) is 19.0. The van der Waals surface area contributed by atoms with Gasteiger partial charge < -0.3 is 5.32 Å². The minimum atomic E-state index is 0.364. The highest BCUT2D eigenvalue weighted by Gasteiger charge is 2.21. The molecule has 0 aromatic heterocycles. The van der Waals surface area contributed by atoms with Gasteiger partial charge in [-0.25, -0.2) is 0 Å². The van der Waals surface area contributed by atoms with Gasteiger partial charge in [-0.15, -0.1) is 0 Å². The topological polar surface area (TPSA) is 12.0 Å². The minimum Gasteiger partial charge on any atom is -0.368 e. The molecule has 2 heteroatoms. The quantitative estimate of drug-likeness (QED) is 0.771. The van der Waals surface area contributed by atoms with Gasteiger partial charge in [-0.3, -0.25) is 0 Å². The van der Waals surface area contributed by atoms with E-state index in [-0.39, 0.29) is 0 Å². The normalized spacial score (nSPS) is 18.3. The van der Waals surface area contributed by atoms with Crippen LogP contribution in [0.25, 0.3) is 0 Å². The third-order valence-electron chi connectivity index (χ3n) is 2.52. The summed E-state index contributed by atoms with van der Waals surface area (Å²) >= 11 is 1.88. The maximum Gasteiger partial charge on any atom is 0.103 e. The van der Waals surface area contributed by atoms with E-state index in [4.69, 9.17) is 0 Å². The molecule has 1 atom stereocenters. The molecule has 0 saturated carbocycles. The predicted octanol–water partition coefficient (Wildman–Crippen LogP) is 3.90. The molecule has 1 aliphatic heterocycles. The van der Waals surface area contributed by atoms with E-state index >= 15 is 0 Å². The van der Waals surface area contributed by atoms with Crippen molar-refractivity contribution < 1.29 is 0 Å². The van der Waals surface area contributed by atoms with Crippen LogP contribution in [0.15, 0.2) is 59.5 Å². The number of rotatable bonds is 1. The van der Waals surface area contributed by atoms with E-state index < -0.39 is 0 Å². The van der Waals surface area contributed by atoms with Crippen LogP contribution in [0, 0.1) is 0 Å². The molecule has 2 aromatic carbocycles. The van der Waals surface area contributed by atoms with Crippen molar-refractivity contribution >= 4 is 17.4 Å². The molecule has 0 bridgehead atoms. The third-order valence-corrected chi connectivity index (χ3v) is 3.76. The zero-order valence-electron chi connectivity index (χ0n) is 8.18. The Hall–Kier alpha value is -1.41. The zero-order chi connectivity index (χ0) is 10.1. The fourth-order valence-electron chi connectivity index (χ4n) is 1.77. The predicted molar refractivity (Wildman–Crippen MR) is 65.1 cm³/mol. The molecule has 0 unspecified atom stereocenters. The van der Waals surface area contributed by atoms with Gasteiger partial charge in [0.15, 0.2) is 0 Å². The molecule has 15 heavy (non-hydrogen) atoms. The summed E-state index contributed by atoms with van der Waals surface area (Å²) in [5.74, 6) is 0. The molecule has 2 aromatic rings. The van der Waals surface area contributed by atoms with Crippen molar-refractivity contribution in [2.75, 3.05) is 5.32 Å². The Kier molecular flexibility index (Phi) is 2.14. The SMILES string of the molecule is c1ccc([C@H]2Nc3ccccc3S2)cc1. The van der Waals surface area contributed by atoms with E-state index in [1.54, 1.807) is 0 Å². The molecule has 3 rings (SSSR count). The summed E-state index contributed by atoms with van der Waals surface area (Å²) in [7, 11) is 0. The lowest BCUT2D eigenvalue weighted by atomic mass is 10.2. The van der Waals surface area contributed by atoms with Crippen molar-refractivity contribution in [1.29, 1.82) is 0 Å². The number of nitrogens with one attached hydrogen (secondary N) is 1. The summed E-state index contributed by atoms with van der Waals surface area (Å²) in [5.41, 5.74) is 2.58. The largest absolute Gasteiger partial charge is 0.368 e. The van der Waals surface area contributed by atoms with Crippen LogP contribution in [0.2, 0.25) is 0 Å². The van der Waals surface area contributed by atoms with Gasteiger partial charge in [0.2, 0.25) is 0 Å². The van der Waals surface area contributed by atoms with Gasteiger partial charge >= 0.3 is 0 Å². The average Bonchev–Trinajstić information content (AvgIpc) is 2.74. The molecule has 1 nitrogen and oxygen atoms in total. The lowest BCUT2D eigenvalue weighted by Gasteiger charge is -2.09. The highest BCUT2D eigenvalue weighted by molar-refractivity contribution is 8.00. The van der Waals surface area contributed by atoms with E-state index in [0.717, 1.165) is 0 Å². The Labute approximate surface area is 93.5 Å². The lowest BCUT2D eigenvalue weighted by molar-refractivity contribution is 1.13. The first-order valence-electron chi connectivity index (χ1n) is 5.01. The van der Waals surface area contributed by atoms with Crippen molar-refractivity contribution in [2.45, 2.75) is 10.3 Å². The lowest BCUT2D eigenvalue weighted by Crippen LogP contribution is -2.00. The number of benzene rings is 2. The number of hydrogen-bond acceptors (Lipinski definition) is 2. The first-order valence-corrected chi connectivity index (χ1v) is 5.88. The first-order chi connectivity index (χ1) is 7.43. The molecular weight excluding hydrogens is 202 g/mol. The van der Waals surface area contributed by atoms with Crippen molar-refractivity contribution in [3.63, 3.8) is 0 Å². The Bertz CT molecular complexity index is 442. The van der Waals surface area contributed by atoms with E-state index in [9.17, 15) is 0 Å². The van der Waals surface area contributed by atoms with E-state index in [1.807, 2.05) is 11.8 Å². The fourth-order valence-corrected chi connectivity index (χ4v) is 2.91. The van der Waals surface area contributed by atoms with Crippen LogP contribution >= 0.6 is 11.8 Å². The minimum absolute atomic E-state index is 0.364. The van der Waals surface area contributed by atoms with Crippen LogP contribution < -0.4 is 5.32 Å². The monoisotopic (exact) mass is 213 g/mol. The average molecular weight is 213 g/mol. The van der Waals surface area contributed by atoms with Crippen LogP contribution in [0.5, 0.6) is 0 Å². The van der Waals surface area contributed by atoms with Crippen molar-refractivity contribution in [3.8, 4) is 0 Å².